The predicted octanol–water partition coefficient (Wildman–Crippen LogP) is 0.810. The molecule has 1 aromatic carbocycles. The highest BCUT2D eigenvalue weighted by Gasteiger charge is 2.24. The van der Waals surface area contributed by atoms with Crippen LogP contribution in [0.25, 0.3) is 0 Å². The maximum Gasteiger partial charge on any atom is 0.407 e. The largest absolute Gasteiger partial charge is 0.480 e. The van der Waals surface area contributed by atoms with Crippen molar-refractivity contribution in [2.75, 3.05) is 13.1 Å². The molecule has 1 rings (SSSR count). The molecule has 2 unspecified atom stereocenters. The van der Waals surface area contributed by atoms with Gasteiger partial charge in [-0.25, -0.2) is 4.79 Å². The van der Waals surface area contributed by atoms with Gasteiger partial charge in [-0.3, -0.25) is 9.59 Å². The van der Waals surface area contributed by atoms with Crippen molar-refractivity contribution in [1.29, 1.82) is 0 Å². The Morgan fingerprint density at radius 3 is 2.33 bits per heavy atom. The van der Waals surface area contributed by atoms with Crippen LogP contribution in [-0.4, -0.2) is 58.1 Å². The maximum atomic E-state index is 12.1. The van der Waals surface area contributed by atoms with Crippen molar-refractivity contribution in [3.63, 3.8) is 0 Å². The van der Waals surface area contributed by atoms with E-state index in [0.29, 0.717) is 0 Å². The third kappa shape index (κ3) is 8.06. The molecule has 150 valence electrons. The molecule has 9 nitrogen and oxygen atoms in total. The lowest BCUT2D eigenvalue weighted by molar-refractivity contribution is -0.135. The molecule has 2 amide bonds. The first-order valence-electron chi connectivity index (χ1n) is 8.43. The molecule has 0 bridgehead atoms. The van der Waals surface area contributed by atoms with Crippen LogP contribution in [0.3, 0.4) is 0 Å². The number of benzene rings is 1. The van der Waals surface area contributed by atoms with Gasteiger partial charge in [-0.1, -0.05) is 18.2 Å². The molecule has 5 N–H and O–H groups in total. The molecule has 1 aromatic rings. The van der Waals surface area contributed by atoms with Gasteiger partial charge in [-0.05, 0) is 38.8 Å². The van der Waals surface area contributed by atoms with Crippen LogP contribution in [0.5, 0.6) is 0 Å². The first kappa shape index (κ1) is 22.4. The molecular formula is C18H26N2O7. The molecule has 0 heterocycles. The number of carbonyl (C=O) groups excluding carboxylic acids is 2. The molecule has 0 aliphatic heterocycles. The fourth-order valence-corrected chi connectivity index (χ4v) is 2.21. The van der Waals surface area contributed by atoms with E-state index in [0.717, 1.165) is 0 Å². The highest BCUT2D eigenvalue weighted by atomic mass is 16.6. The molecule has 0 spiro atoms. The molecule has 9 heteroatoms. The van der Waals surface area contributed by atoms with E-state index in [1.54, 1.807) is 32.9 Å². The Balaban J connectivity index is 2.67. The Bertz CT molecular complexity index is 670. The number of alkyl carbamates (subject to hydrolysis) is 1. The maximum absolute atomic E-state index is 12.1. The fourth-order valence-electron chi connectivity index (χ4n) is 2.21. The van der Waals surface area contributed by atoms with Gasteiger partial charge in [0.1, 0.15) is 18.2 Å². The second-order valence-electron chi connectivity index (χ2n) is 6.89. The number of aliphatic carboxylic acids is 1. The van der Waals surface area contributed by atoms with Crippen LogP contribution in [0.2, 0.25) is 0 Å². The lowest BCUT2D eigenvalue weighted by Gasteiger charge is -2.22. The number of hydrogen-bond donors (Lipinski definition) is 5. The standard InChI is InChI=1S/C18H26N2O7/c1-18(2,3)27-17(26)19-9-8-13(21)15(24)11-6-4-5-7-12(11)16(25)20-10-14(22)23/h4-7,13,15,21,24H,8-10H2,1-3H3,(H,19,26)(H,20,25)(H,22,23). The summed E-state index contributed by atoms with van der Waals surface area (Å²) in [5, 5.41) is 33.8. The summed E-state index contributed by atoms with van der Waals surface area (Å²) in [5.74, 6) is -1.87. The number of carboxylic acid groups (broad SMARTS) is 1. The summed E-state index contributed by atoms with van der Waals surface area (Å²) >= 11 is 0. The lowest BCUT2D eigenvalue weighted by atomic mass is 9.96. The minimum absolute atomic E-state index is 0.0193. The van der Waals surface area contributed by atoms with Gasteiger partial charge in [0.2, 0.25) is 0 Å². The zero-order chi connectivity index (χ0) is 20.6. The summed E-state index contributed by atoms with van der Waals surface area (Å²) < 4.78 is 5.07. The third-order valence-electron chi connectivity index (χ3n) is 3.40. The summed E-state index contributed by atoms with van der Waals surface area (Å²) in [5.41, 5.74) is -0.430. The van der Waals surface area contributed by atoms with Crippen molar-refractivity contribution in [2.24, 2.45) is 0 Å². The Hall–Kier alpha value is -2.65. The second-order valence-corrected chi connectivity index (χ2v) is 6.89. The second kappa shape index (κ2) is 9.89. The van der Waals surface area contributed by atoms with Crippen LogP contribution >= 0.6 is 0 Å². The monoisotopic (exact) mass is 382 g/mol. The van der Waals surface area contributed by atoms with Gasteiger partial charge in [0.15, 0.2) is 0 Å². The first-order valence-corrected chi connectivity index (χ1v) is 8.43. The molecule has 0 saturated carbocycles. The van der Waals surface area contributed by atoms with Crippen LogP contribution in [0.4, 0.5) is 4.79 Å². The van der Waals surface area contributed by atoms with Crippen molar-refractivity contribution in [2.45, 2.75) is 45.0 Å². The number of ether oxygens (including phenoxy) is 1. The smallest absolute Gasteiger partial charge is 0.407 e. The molecule has 0 radical (unpaired) electrons. The van der Waals surface area contributed by atoms with E-state index in [9.17, 15) is 24.6 Å². The molecule has 0 fully saturated rings. The van der Waals surface area contributed by atoms with Gasteiger partial charge in [-0.15, -0.1) is 0 Å². The number of carboxylic acids is 1. The van der Waals surface area contributed by atoms with E-state index in [2.05, 4.69) is 10.6 Å². The normalized spacial score (nSPS) is 13.4. The number of aliphatic hydroxyl groups excluding tert-OH is 2. The SMILES string of the molecule is CC(C)(C)OC(=O)NCCC(O)C(O)c1ccccc1C(=O)NCC(=O)O. The summed E-state index contributed by atoms with van der Waals surface area (Å²) in [6.07, 6.45) is -3.27. The number of carbonyl (C=O) groups is 3. The Morgan fingerprint density at radius 2 is 1.74 bits per heavy atom. The first-order chi connectivity index (χ1) is 12.5. The number of amides is 2. The Labute approximate surface area is 157 Å². The van der Waals surface area contributed by atoms with Crippen LogP contribution in [-0.2, 0) is 9.53 Å². The van der Waals surface area contributed by atoms with Crippen molar-refractivity contribution in [3.8, 4) is 0 Å². The molecular weight excluding hydrogens is 356 g/mol. The van der Waals surface area contributed by atoms with Crippen molar-refractivity contribution >= 4 is 18.0 Å². The Kier molecular flexibility index (Phi) is 8.20. The average Bonchev–Trinajstić information content (AvgIpc) is 2.57. The fraction of sp³-hybridized carbons (Fsp3) is 0.500. The van der Waals surface area contributed by atoms with Gasteiger partial charge in [0.05, 0.1) is 6.10 Å². The van der Waals surface area contributed by atoms with Gasteiger partial charge in [0.25, 0.3) is 5.91 Å². The quantitative estimate of drug-likeness (QED) is 0.447. The minimum atomic E-state index is -1.39. The van der Waals surface area contributed by atoms with Gasteiger partial charge in [-0.2, -0.15) is 0 Å². The molecule has 0 aromatic heterocycles. The van der Waals surface area contributed by atoms with Gasteiger partial charge in [0, 0.05) is 12.1 Å². The van der Waals surface area contributed by atoms with Gasteiger partial charge >= 0.3 is 12.1 Å². The van der Waals surface area contributed by atoms with E-state index >= 15 is 0 Å². The van der Waals surface area contributed by atoms with Crippen LogP contribution < -0.4 is 10.6 Å². The number of hydrogen-bond acceptors (Lipinski definition) is 6. The highest BCUT2D eigenvalue weighted by molar-refractivity contribution is 5.97. The minimum Gasteiger partial charge on any atom is -0.480 e. The summed E-state index contributed by atoms with van der Waals surface area (Å²) in [6.45, 7) is 4.65. The molecule has 0 aliphatic carbocycles. The molecule has 0 aliphatic rings. The van der Waals surface area contributed by atoms with Crippen LogP contribution in [0.1, 0.15) is 49.2 Å². The topological polar surface area (TPSA) is 145 Å². The van der Waals surface area contributed by atoms with Crippen LogP contribution in [0, 0.1) is 0 Å². The Morgan fingerprint density at radius 1 is 1.11 bits per heavy atom. The third-order valence-corrected chi connectivity index (χ3v) is 3.40. The molecule has 2 atom stereocenters. The number of aliphatic hydroxyl groups is 2. The van der Waals surface area contributed by atoms with Crippen molar-refractivity contribution < 1.29 is 34.4 Å². The average molecular weight is 382 g/mol. The zero-order valence-corrected chi connectivity index (χ0v) is 15.6. The van der Waals surface area contributed by atoms with Gasteiger partial charge < -0.3 is 30.7 Å². The summed E-state index contributed by atoms with van der Waals surface area (Å²) in [7, 11) is 0. The lowest BCUT2D eigenvalue weighted by Crippen LogP contribution is -2.35. The highest BCUT2D eigenvalue weighted by Crippen LogP contribution is 2.22. The van der Waals surface area contributed by atoms with E-state index in [-0.39, 0.29) is 24.1 Å². The zero-order valence-electron chi connectivity index (χ0n) is 15.6. The predicted molar refractivity (Wildman–Crippen MR) is 96.2 cm³/mol. The van der Waals surface area contributed by atoms with Crippen molar-refractivity contribution in [1.82, 2.24) is 10.6 Å². The van der Waals surface area contributed by atoms with E-state index < -0.39 is 42.3 Å². The summed E-state index contributed by atoms with van der Waals surface area (Å²) in [6, 6.07) is 6.02. The van der Waals surface area contributed by atoms with E-state index in [4.69, 9.17) is 9.84 Å². The van der Waals surface area contributed by atoms with E-state index in [1.807, 2.05) is 0 Å². The number of nitrogens with one attached hydrogen (secondary N) is 2. The summed E-state index contributed by atoms with van der Waals surface area (Å²) in [4.78, 5) is 34.2. The number of rotatable bonds is 8. The van der Waals surface area contributed by atoms with Crippen molar-refractivity contribution in [3.05, 3.63) is 35.4 Å². The molecule has 0 saturated heterocycles. The molecule has 27 heavy (non-hydrogen) atoms. The van der Waals surface area contributed by atoms with E-state index in [1.165, 1.54) is 12.1 Å². The van der Waals surface area contributed by atoms with Crippen LogP contribution in [0.15, 0.2) is 24.3 Å².